The minimum Gasteiger partial charge on any atom is -0.325 e. The van der Waals surface area contributed by atoms with E-state index in [-0.39, 0.29) is 23.6 Å². The van der Waals surface area contributed by atoms with Crippen molar-refractivity contribution in [1.29, 1.82) is 0 Å². The van der Waals surface area contributed by atoms with Crippen LogP contribution in [0, 0.1) is 24.4 Å². The van der Waals surface area contributed by atoms with Gasteiger partial charge in [0.05, 0.1) is 23.1 Å². The molecule has 5 heterocycles. The molecule has 0 unspecified atom stereocenters. The van der Waals surface area contributed by atoms with Crippen LogP contribution in [0.3, 0.4) is 0 Å². The molecule has 2 aliphatic rings. The molecule has 0 N–H and O–H groups in total. The predicted molar refractivity (Wildman–Crippen MR) is 112 cm³/mol. The van der Waals surface area contributed by atoms with Crippen LogP contribution in [0.4, 0.5) is 13.2 Å². The zero-order valence-electron chi connectivity index (χ0n) is 17.9. The molecule has 0 radical (unpaired) electrons. The van der Waals surface area contributed by atoms with Crippen LogP contribution >= 0.6 is 0 Å². The van der Waals surface area contributed by atoms with Gasteiger partial charge in [0.2, 0.25) is 0 Å². The Bertz CT molecular complexity index is 1440. The second-order valence-corrected chi connectivity index (χ2v) is 8.59. The van der Waals surface area contributed by atoms with Crippen molar-refractivity contribution in [3.8, 4) is 11.3 Å². The van der Waals surface area contributed by atoms with E-state index in [1.807, 2.05) is 4.90 Å². The van der Waals surface area contributed by atoms with Gasteiger partial charge >= 0.3 is 0 Å². The number of carbonyl (C=O) groups is 1. The number of rotatable bonds is 2. The first kappa shape index (κ1) is 20.0. The molecule has 7 nitrogen and oxygen atoms in total. The topological polar surface area (TPSA) is 68.3 Å². The highest BCUT2D eigenvalue weighted by Crippen LogP contribution is 2.47. The average Bonchev–Trinajstić information content (AvgIpc) is 3.41. The third-order valence-electron chi connectivity index (χ3n) is 6.70. The van der Waals surface area contributed by atoms with E-state index in [4.69, 9.17) is 0 Å². The first-order valence-electron chi connectivity index (χ1n) is 10.7. The zero-order valence-corrected chi connectivity index (χ0v) is 17.9. The lowest BCUT2D eigenvalue weighted by Gasteiger charge is -2.34. The van der Waals surface area contributed by atoms with E-state index in [2.05, 4.69) is 15.2 Å². The summed E-state index contributed by atoms with van der Waals surface area (Å²) in [5.41, 5.74) is 3.94. The lowest BCUT2D eigenvalue weighted by molar-refractivity contribution is 0.0633. The Hall–Kier alpha value is -3.69. The van der Waals surface area contributed by atoms with Crippen molar-refractivity contribution >= 4 is 11.6 Å². The second kappa shape index (κ2) is 6.90. The van der Waals surface area contributed by atoms with Gasteiger partial charge in [-0.15, -0.1) is 0 Å². The van der Waals surface area contributed by atoms with Crippen LogP contribution in [-0.2, 0) is 13.5 Å². The van der Waals surface area contributed by atoms with Gasteiger partial charge < -0.3 is 4.90 Å². The fourth-order valence-corrected chi connectivity index (χ4v) is 5.37. The molecule has 0 saturated carbocycles. The Labute approximate surface area is 186 Å². The Morgan fingerprint density at radius 2 is 1.91 bits per heavy atom. The summed E-state index contributed by atoms with van der Waals surface area (Å²) in [6.45, 7) is 1.79. The summed E-state index contributed by atoms with van der Waals surface area (Å²) >= 11 is 0. The number of halogens is 3. The number of hydrogen-bond donors (Lipinski definition) is 0. The molecule has 2 aliphatic heterocycles. The Balaban J connectivity index is 1.44. The molecule has 1 saturated heterocycles. The summed E-state index contributed by atoms with van der Waals surface area (Å²) in [5.74, 6) is -4.15. The fourth-order valence-electron chi connectivity index (χ4n) is 5.37. The first-order chi connectivity index (χ1) is 15.8. The van der Waals surface area contributed by atoms with Gasteiger partial charge in [-0.25, -0.2) is 22.7 Å². The fraction of sp³-hybridized carbons (Fsp3) is 0.304. The van der Waals surface area contributed by atoms with Crippen molar-refractivity contribution in [1.82, 2.24) is 29.3 Å². The lowest BCUT2D eigenvalue weighted by Crippen LogP contribution is -2.42. The number of imidazole rings is 1. The van der Waals surface area contributed by atoms with E-state index in [9.17, 15) is 18.0 Å². The average molecular weight is 452 g/mol. The van der Waals surface area contributed by atoms with Gasteiger partial charge in [-0.1, -0.05) is 0 Å². The van der Waals surface area contributed by atoms with Crippen molar-refractivity contribution in [2.45, 2.75) is 38.3 Å². The lowest BCUT2D eigenvalue weighted by atomic mass is 9.94. The number of carbonyl (C=O) groups excluding carboxylic acids is 1. The highest BCUT2D eigenvalue weighted by Gasteiger charge is 2.46. The largest absolute Gasteiger partial charge is 0.325 e. The molecule has 0 aliphatic carbocycles. The highest BCUT2D eigenvalue weighted by atomic mass is 19.2. The minimum atomic E-state index is -1.50. The molecule has 1 aromatic carbocycles. The van der Waals surface area contributed by atoms with Crippen LogP contribution in [-0.4, -0.2) is 41.2 Å². The number of aromatic nitrogens is 5. The number of aryl methyl sites for hydroxylation is 2. The van der Waals surface area contributed by atoms with Crippen molar-refractivity contribution in [2.24, 2.45) is 7.05 Å². The van der Waals surface area contributed by atoms with Gasteiger partial charge in [0, 0.05) is 30.4 Å². The number of hydrogen-bond acceptors (Lipinski definition) is 4. The van der Waals surface area contributed by atoms with E-state index in [1.54, 1.807) is 41.5 Å². The maximum Gasteiger partial charge on any atom is 0.275 e. The summed E-state index contributed by atoms with van der Waals surface area (Å²) in [5, 5.41) is 8.93. The molecular formula is C23H19F3N6O. The van der Waals surface area contributed by atoms with Gasteiger partial charge in [0.1, 0.15) is 0 Å². The van der Waals surface area contributed by atoms with E-state index in [1.165, 1.54) is 0 Å². The monoisotopic (exact) mass is 452 g/mol. The normalized spacial score (nSPS) is 19.4. The number of amides is 1. The second-order valence-electron chi connectivity index (χ2n) is 8.59. The number of benzene rings is 1. The highest BCUT2D eigenvalue weighted by molar-refractivity contribution is 5.95. The van der Waals surface area contributed by atoms with Gasteiger partial charge in [0.25, 0.3) is 5.91 Å². The van der Waals surface area contributed by atoms with Crippen LogP contribution in [0.15, 0.2) is 30.5 Å². The van der Waals surface area contributed by atoms with E-state index >= 15 is 0 Å². The molecule has 4 aromatic rings. The maximum atomic E-state index is 13.9. The van der Waals surface area contributed by atoms with Gasteiger partial charge in [-0.05, 0) is 50.5 Å². The van der Waals surface area contributed by atoms with Crippen molar-refractivity contribution in [2.75, 3.05) is 0 Å². The molecule has 2 bridgehead atoms. The van der Waals surface area contributed by atoms with Gasteiger partial charge in [-0.3, -0.25) is 9.48 Å². The molecule has 10 heteroatoms. The summed E-state index contributed by atoms with van der Waals surface area (Å²) in [6.07, 6.45) is 3.62. The quantitative estimate of drug-likeness (QED) is 0.435. The smallest absolute Gasteiger partial charge is 0.275 e. The summed E-state index contributed by atoms with van der Waals surface area (Å²) in [7, 11) is 1.69. The standard InChI is InChI=1S/C23H19F3N6O/c1-11-21(32-18(28-11)4-3-7-27-32)23(33)31-13-5-6-17(31)20-14(10-13)22(30(2)29-20)12-8-15(24)19(26)16(25)9-12/h3-4,7-9,13,17H,5-6,10H2,1-2H3/t13-,17+/m0/s1. The maximum absolute atomic E-state index is 13.9. The molecule has 1 fully saturated rings. The van der Waals surface area contributed by atoms with E-state index in [0.717, 1.165) is 30.5 Å². The van der Waals surface area contributed by atoms with Crippen LogP contribution in [0.25, 0.3) is 16.9 Å². The minimum absolute atomic E-state index is 0.0956. The molecule has 168 valence electrons. The van der Waals surface area contributed by atoms with Gasteiger partial charge in [-0.2, -0.15) is 10.2 Å². The molecular weight excluding hydrogens is 433 g/mol. The summed E-state index contributed by atoms with van der Waals surface area (Å²) in [6, 6.07) is 5.18. The van der Waals surface area contributed by atoms with Gasteiger partial charge in [0.15, 0.2) is 28.8 Å². The number of nitrogens with zero attached hydrogens (tertiary/aromatic N) is 6. The predicted octanol–water partition coefficient (Wildman–Crippen LogP) is 3.76. The molecule has 6 rings (SSSR count). The van der Waals surface area contributed by atoms with Crippen molar-refractivity contribution < 1.29 is 18.0 Å². The Kier molecular flexibility index (Phi) is 4.17. The molecule has 33 heavy (non-hydrogen) atoms. The van der Waals surface area contributed by atoms with E-state index < -0.39 is 17.5 Å². The third kappa shape index (κ3) is 2.76. The molecule has 1 amide bonds. The zero-order chi connectivity index (χ0) is 23.0. The van der Waals surface area contributed by atoms with Crippen LogP contribution in [0.5, 0.6) is 0 Å². The molecule has 3 aromatic heterocycles. The number of fused-ring (bicyclic) bond motifs is 5. The van der Waals surface area contributed by atoms with Crippen LogP contribution < -0.4 is 0 Å². The molecule has 2 atom stereocenters. The van der Waals surface area contributed by atoms with Crippen molar-refractivity contribution in [3.63, 3.8) is 0 Å². The SMILES string of the molecule is Cc1nc2cccnn2c1C(=O)N1[C@H]2CC[C@@H]1c1nn(C)c(-c3cc(F)c(F)c(F)c3)c1C2. The third-order valence-corrected chi connectivity index (χ3v) is 6.70. The van der Waals surface area contributed by atoms with Crippen LogP contribution in [0.2, 0.25) is 0 Å². The Morgan fingerprint density at radius 3 is 2.67 bits per heavy atom. The molecule has 0 spiro atoms. The van der Waals surface area contributed by atoms with Crippen molar-refractivity contribution in [3.05, 3.63) is 70.6 Å². The summed E-state index contributed by atoms with van der Waals surface area (Å²) < 4.78 is 44.5. The Morgan fingerprint density at radius 1 is 1.15 bits per heavy atom. The first-order valence-corrected chi connectivity index (χ1v) is 10.7. The van der Waals surface area contributed by atoms with E-state index in [0.29, 0.717) is 34.8 Å². The van der Waals surface area contributed by atoms with Crippen LogP contribution in [0.1, 0.15) is 46.3 Å². The summed E-state index contributed by atoms with van der Waals surface area (Å²) in [4.78, 5) is 20.0.